The Kier molecular flexibility index (Phi) is 4.42. The average molecular weight is 337 g/mol. The second-order valence-corrected chi connectivity index (χ2v) is 7.82. The molecule has 3 heterocycles. The predicted molar refractivity (Wildman–Crippen MR) is 87.2 cm³/mol. The number of aromatic nitrogens is 1. The number of aryl methyl sites for hydroxylation is 1. The van der Waals surface area contributed by atoms with E-state index in [2.05, 4.69) is 15.3 Å². The molecule has 6 nitrogen and oxygen atoms in total. The van der Waals surface area contributed by atoms with Crippen LogP contribution in [0.4, 0.5) is 0 Å². The van der Waals surface area contributed by atoms with E-state index in [-0.39, 0.29) is 11.8 Å². The quantitative estimate of drug-likeness (QED) is 0.907. The molecular formula is C16H23N3O3S. The number of hydrogen-bond acceptors (Lipinski definition) is 5. The molecule has 2 aliphatic rings. The lowest BCUT2D eigenvalue weighted by atomic mass is 9.75. The highest BCUT2D eigenvalue weighted by atomic mass is 32.1. The summed E-state index contributed by atoms with van der Waals surface area (Å²) < 4.78 is 0. The van der Waals surface area contributed by atoms with Crippen molar-refractivity contribution in [2.45, 2.75) is 33.2 Å². The molecule has 0 spiro atoms. The first kappa shape index (κ1) is 16.4. The first-order valence-corrected chi connectivity index (χ1v) is 8.91. The molecule has 0 saturated carbocycles. The van der Waals surface area contributed by atoms with E-state index in [1.165, 1.54) is 6.92 Å². The van der Waals surface area contributed by atoms with Crippen molar-refractivity contribution in [3.8, 4) is 0 Å². The Bertz CT molecular complexity index is 617. The summed E-state index contributed by atoms with van der Waals surface area (Å²) in [6.07, 6.45) is 1.49. The Morgan fingerprint density at radius 2 is 2.26 bits per heavy atom. The third-order valence-corrected chi connectivity index (χ3v) is 6.02. The smallest absolute Gasteiger partial charge is 0.311 e. The van der Waals surface area contributed by atoms with Crippen LogP contribution in [-0.4, -0.2) is 57.9 Å². The Morgan fingerprint density at radius 1 is 1.48 bits per heavy atom. The molecular weight excluding hydrogens is 314 g/mol. The number of hydrogen-bond donors (Lipinski definition) is 1. The van der Waals surface area contributed by atoms with Gasteiger partial charge in [0.1, 0.15) is 0 Å². The van der Waals surface area contributed by atoms with E-state index in [9.17, 15) is 14.7 Å². The second-order valence-electron chi connectivity index (χ2n) is 6.75. The van der Waals surface area contributed by atoms with Crippen molar-refractivity contribution >= 4 is 23.2 Å². The van der Waals surface area contributed by atoms with Gasteiger partial charge < -0.3 is 10.0 Å². The molecule has 0 aliphatic carbocycles. The molecule has 0 bridgehead atoms. The summed E-state index contributed by atoms with van der Waals surface area (Å²) >= 11 is 1.64. The van der Waals surface area contributed by atoms with Crippen molar-refractivity contribution in [3.63, 3.8) is 0 Å². The monoisotopic (exact) mass is 337 g/mol. The minimum atomic E-state index is -0.779. The van der Waals surface area contributed by atoms with Gasteiger partial charge in [0.25, 0.3) is 0 Å². The molecule has 0 aromatic carbocycles. The van der Waals surface area contributed by atoms with Crippen LogP contribution in [0.5, 0.6) is 0 Å². The molecule has 2 fully saturated rings. The van der Waals surface area contributed by atoms with Crippen LogP contribution >= 0.6 is 11.3 Å². The third-order valence-electron chi connectivity index (χ3n) is 5.19. The molecule has 3 rings (SSSR count). The lowest BCUT2D eigenvalue weighted by Gasteiger charge is -2.29. The van der Waals surface area contributed by atoms with Crippen molar-refractivity contribution in [1.29, 1.82) is 0 Å². The summed E-state index contributed by atoms with van der Waals surface area (Å²) in [6, 6.07) is 0. The number of thiazole rings is 1. The molecule has 2 saturated heterocycles. The van der Waals surface area contributed by atoms with E-state index in [0.717, 1.165) is 30.2 Å². The number of likely N-dealkylation sites (tertiary alicyclic amines) is 2. The topological polar surface area (TPSA) is 73.7 Å². The van der Waals surface area contributed by atoms with Crippen LogP contribution in [-0.2, 0) is 16.1 Å². The fourth-order valence-corrected chi connectivity index (χ4v) is 4.56. The van der Waals surface area contributed by atoms with E-state index >= 15 is 0 Å². The van der Waals surface area contributed by atoms with Crippen molar-refractivity contribution in [1.82, 2.24) is 14.8 Å². The largest absolute Gasteiger partial charge is 0.481 e. The first-order chi connectivity index (χ1) is 10.9. The van der Waals surface area contributed by atoms with E-state index in [1.807, 2.05) is 6.92 Å². The van der Waals surface area contributed by atoms with Gasteiger partial charge in [0.2, 0.25) is 5.91 Å². The third kappa shape index (κ3) is 3.12. The van der Waals surface area contributed by atoms with Gasteiger partial charge in [-0.3, -0.25) is 14.5 Å². The van der Waals surface area contributed by atoms with Gasteiger partial charge in [-0.15, -0.1) is 11.3 Å². The summed E-state index contributed by atoms with van der Waals surface area (Å²) in [5.41, 5.74) is 0.273. The molecule has 126 valence electrons. The zero-order chi connectivity index (χ0) is 16.6. The van der Waals surface area contributed by atoms with Gasteiger partial charge in [-0.1, -0.05) is 0 Å². The highest BCUT2D eigenvalue weighted by molar-refractivity contribution is 7.09. The predicted octanol–water partition coefficient (Wildman–Crippen LogP) is 1.60. The summed E-state index contributed by atoms with van der Waals surface area (Å²) in [5.74, 6) is -0.788. The molecule has 2 aliphatic heterocycles. The van der Waals surface area contributed by atoms with Crippen LogP contribution in [0.2, 0.25) is 0 Å². The fraction of sp³-hybridized carbons (Fsp3) is 0.688. The number of rotatable bonds is 3. The molecule has 1 amide bonds. The number of carbonyl (C=O) groups excluding carboxylic acids is 1. The number of carboxylic acid groups (broad SMARTS) is 1. The minimum absolute atomic E-state index is 0.00821. The van der Waals surface area contributed by atoms with Gasteiger partial charge in [0.15, 0.2) is 0 Å². The summed E-state index contributed by atoms with van der Waals surface area (Å²) in [6.45, 7) is 6.79. The van der Waals surface area contributed by atoms with Crippen molar-refractivity contribution in [2.24, 2.45) is 11.3 Å². The van der Waals surface area contributed by atoms with E-state index in [4.69, 9.17) is 0 Å². The van der Waals surface area contributed by atoms with Gasteiger partial charge in [0, 0.05) is 44.4 Å². The summed E-state index contributed by atoms with van der Waals surface area (Å²) in [4.78, 5) is 32.2. The molecule has 2 atom stereocenters. The molecule has 1 aromatic heterocycles. The van der Waals surface area contributed by atoms with Gasteiger partial charge in [-0.25, -0.2) is 4.98 Å². The molecule has 7 heteroatoms. The number of fused-ring (bicyclic) bond motifs is 1. The summed E-state index contributed by atoms with van der Waals surface area (Å²) in [7, 11) is 0. The highest BCUT2D eigenvalue weighted by Gasteiger charge is 2.53. The number of carbonyl (C=O) groups is 2. The summed E-state index contributed by atoms with van der Waals surface area (Å²) in [5, 5.41) is 13.0. The molecule has 0 unspecified atom stereocenters. The van der Waals surface area contributed by atoms with Crippen LogP contribution in [0.25, 0.3) is 0 Å². The van der Waals surface area contributed by atoms with Crippen LogP contribution in [0.15, 0.2) is 5.38 Å². The zero-order valence-electron chi connectivity index (χ0n) is 13.6. The average Bonchev–Trinajstić information content (AvgIpc) is 3.00. The van der Waals surface area contributed by atoms with Gasteiger partial charge in [-0.2, -0.15) is 0 Å². The minimum Gasteiger partial charge on any atom is -0.481 e. The maximum atomic E-state index is 12.0. The van der Waals surface area contributed by atoms with Crippen LogP contribution in [0, 0.1) is 18.3 Å². The lowest BCUT2D eigenvalue weighted by molar-refractivity contribution is -0.151. The van der Waals surface area contributed by atoms with Crippen LogP contribution in [0.1, 0.15) is 30.5 Å². The maximum absolute atomic E-state index is 12.0. The number of carboxylic acids is 1. The first-order valence-electron chi connectivity index (χ1n) is 8.03. The van der Waals surface area contributed by atoms with Crippen molar-refractivity contribution in [3.05, 3.63) is 16.1 Å². The highest BCUT2D eigenvalue weighted by Crippen LogP contribution is 2.43. The lowest BCUT2D eigenvalue weighted by Crippen LogP contribution is -2.41. The van der Waals surface area contributed by atoms with Gasteiger partial charge in [0.05, 0.1) is 16.1 Å². The van der Waals surface area contributed by atoms with E-state index in [0.29, 0.717) is 26.1 Å². The SMILES string of the molecule is CC(=O)N1C[C@H]2CN(Cc3csc(C)n3)CCC[C@@]2(C(=O)O)C1. The van der Waals surface area contributed by atoms with Crippen molar-refractivity contribution < 1.29 is 14.7 Å². The number of nitrogens with zero attached hydrogens (tertiary/aromatic N) is 3. The van der Waals surface area contributed by atoms with Crippen LogP contribution < -0.4 is 0 Å². The Labute approximate surface area is 140 Å². The number of amides is 1. The Morgan fingerprint density at radius 3 is 2.87 bits per heavy atom. The molecule has 23 heavy (non-hydrogen) atoms. The van der Waals surface area contributed by atoms with Crippen molar-refractivity contribution in [2.75, 3.05) is 26.2 Å². The molecule has 0 radical (unpaired) electrons. The maximum Gasteiger partial charge on any atom is 0.311 e. The standard InChI is InChI=1S/C16H23N3O3S/c1-11-17-14(9-23-11)8-18-5-3-4-16(15(21)22)10-19(12(2)20)7-13(16)6-18/h9,13H,3-8,10H2,1-2H3,(H,21,22)/t13-,16-/m1/s1. The zero-order valence-corrected chi connectivity index (χ0v) is 14.4. The Balaban J connectivity index is 1.78. The van der Waals surface area contributed by atoms with Crippen LogP contribution in [0.3, 0.4) is 0 Å². The Hall–Kier alpha value is -1.47. The normalized spacial score (nSPS) is 28.4. The molecule has 1 aromatic rings. The second kappa shape index (κ2) is 6.20. The van der Waals surface area contributed by atoms with Gasteiger partial charge >= 0.3 is 5.97 Å². The van der Waals surface area contributed by atoms with Gasteiger partial charge in [-0.05, 0) is 26.3 Å². The van der Waals surface area contributed by atoms with E-state index < -0.39 is 11.4 Å². The molecule has 1 N–H and O–H groups in total. The fourth-order valence-electron chi connectivity index (χ4n) is 3.95. The van der Waals surface area contributed by atoms with E-state index in [1.54, 1.807) is 16.2 Å². The number of aliphatic carboxylic acids is 1.